The molecule has 148 valence electrons. The molecule has 2 rings (SSSR count). The van der Waals surface area contributed by atoms with E-state index in [1.165, 1.54) is 50.5 Å². The second kappa shape index (κ2) is 13.2. The highest BCUT2D eigenvalue weighted by molar-refractivity contribution is 5.29. The van der Waals surface area contributed by atoms with E-state index in [0.717, 1.165) is 36.5 Å². The van der Waals surface area contributed by atoms with Crippen molar-refractivity contribution >= 4 is 0 Å². The van der Waals surface area contributed by atoms with Crippen molar-refractivity contribution in [3.63, 3.8) is 0 Å². The molecule has 2 aromatic rings. The number of rotatable bonds is 14. The van der Waals surface area contributed by atoms with Crippen molar-refractivity contribution in [3.8, 4) is 11.5 Å². The Labute approximate surface area is 165 Å². The first kappa shape index (κ1) is 21.3. The summed E-state index contributed by atoms with van der Waals surface area (Å²) in [5, 5.41) is 0. The van der Waals surface area contributed by atoms with Crippen LogP contribution in [-0.4, -0.2) is 6.61 Å². The molecular formula is C25H36O2. The normalized spacial score (nSPS) is 10.7. The van der Waals surface area contributed by atoms with E-state index in [4.69, 9.17) is 9.47 Å². The molecule has 27 heavy (non-hydrogen) atoms. The van der Waals surface area contributed by atoms with Crippen LogP contribution in [0, 0.1) is 0 Å². The van der Waals surface area contributed by atoms with Gasteiger partial charge in [-0.15, -0.1) is 0 Å². The Bertz CT molecular complexity index is 601. The van der Waals surface area contributed by atoms with Crippen LogP contribution >= 0.6 is 0 Å². The first-order chi connectivity index (χ1) is 13.3. The van der Waals surface area contributed by atoms with Gasteiger partial charge in [0, 0.05) is 0 Å². The van der Waals surface area contributed by atoms with E-state index in [1.807, 2.05) is 12.1 Å². The van der Waals surface area contributed by atoms with Crippen molar-refractivity contribution in [2.45, 2.75) is 78.2 Å². The van der Waals surface area contributed by atoms with E-state index >= 15 is 0 Å². The van der Waals surface area contributed by atoms with Crippen LogP contribution in [0.25, 0.3) is 0 Å². The van der Waals surface area contributed by atoms with E-state index in [-0.39, 0.29) is 0 Å². The summed E-state index contributed by atoms with van der Waals surface area (Å²) in [5.74, 6) is 1.88. The first-order valence-corrected chi connectivity index (χ1v) is 10.7. The average Bonchev–Trinajstić information content (AvgIpc) is 2.71. The smallest absolute Gasteiger partial charge is 0.119 e. The van der Waals surface area contributed by atoms with Gasteiger partial charge in [-0.1, -0.05) is 76.6 Å². The number of ether oxygens (including phenoxy) is 2. The van der Waals surface area contributed by atoms with Gasteiger partial charge >= 0.3 is 0 Å². The molecule has 0 amide bonds. The van der Waals surface area contributed by atoms with Crippen LogP contribution in [0.1, 0.15) is 76.3 Å². The highest BCUT2D eigenvalue weighted by atomic mass is 16.5. The summed E-state index contributed by atoms with van der Waals surface area (Å²) in [6.07, 6.45) is 11.3. The van der Waals surface area contributed by atoms with Gasteiger partial charge in [-0.05, 0) is 54.7 Å². The number of aryl methyl sites for hydroxylation is 1. The number of benzene rings is 2. The van der Waals surface area contributed by atoms with E-state index in [2.05, 4.69) is 50.2 Å². The largest absolute Gasteiger partial charge is 0.494 e. The monoisotopic (exact) mass is 368 g/mol. The Morgan fingerprint density at radius 3 is 1.78 bits per heavy atom. The number of hydrogen-bond donors (Lipinski definition) is 0. The lowest BCUT2D eigenvalue weighted by Gasteiger charge is -2.09. The molecule has 0 saturated heterocycles. The van der Waals surface area contributed by atoms with Gasteiger partial charge in [-0.3, -0.25) is 0 Å². The molecule has 0 radical (unpaired) electrons. The minimum Gasteiger partial charge on any atom is -0.494 e. The third-order valence-corrected chi connectivity index (χ3v) is 4.84. The zero-order valence-corrected chi connectivity index (χ0v) is 17.2. The molecular weight excluding hydrogens is 332 g/mol. The fourth-order valence-electron chi connectivity index (χ4n) is 3.08. The van der Waals surface area contributed by atoms with Crippen molar-refractivity contribution < 1.29 is 9.47 Å². The Morgan fingerprint density at radius 2 is 1.11 bits per heavy atom. The lowest BCUT2D eigenvalue weighted by molar-refractivity contribution is 0.300. The maximum absolute atomic E-state index is 5.91. The van der Waals surface area contributed by atoms with Gasteiger partial charge < -0.3 is 9.47 Å². The van der Waals surface area contributed by atoms with Crippen LogP contribution in [-0.2, 0) is 13.0 Å². The second-order valence-electron chi connectivity index (χ2n) is 7.30. The van der Waals surface area contributed by atoms with Crippen molar-refractivity contribution in [2.24, 2.45) is 0 Å². The molecule has 0 heterocycles. The zero-order valence-electron chi connectivity index (χ0n) is 17.2. The summed E-state index contributed by atoms with van der Waals surface area (Å²) in [6.45, 7) is 5.88. The maximum atomic E-state index is 5.91. The molecule has 0 atom stereocenters. The molecule has 2 nitrogen and oxygen atoms in total. The summed E-state index contributed by atoms with van der Waals surface area (Å²) < 4.78 is 11.7. The van der Waals surface area contributed by atoms with Crippen LogP contribution in [0.2, 0.25) is 0 Å². The van der Waals surface area contributed by atoms with Crippen molar-refractivity contribution in [1.29, 1.82) is 0 Å². The SMILES string of the molecule is CCCCCCCOc1ccc(COc2ccc(CCCCC)cc2)cc1. The van der Waals surface area contributed by atoms with Gasteiger partial charge in [0.25, 0.3) is 0 Å². The minimum atomic E-state index is 0.590. The molecule has 2 aromatic carbocycles. The Kier molecular flexibility index (Phi) is 10.5. The molecule has 0 unspecified atom stereocenters. The summed E-state index contributed by atoms with van der Waals surface area (Å²) in [7, 11) is 0. The summed E-state index contributed by atoms with van der Waals surface area (Å²) >= 11 is 0. The predicted octanol–water partition coefficient (Wildman–Crippen LogP) is 7.35. The molecule has 0 aliphatic carbocycles. The first-order valence-electron chi connectivity index (χ1n) is 10.7. The molecule has 2 heteroatoms. The Morgan fingerprint density at radius 1 is 0.556 bits per heavy atom. The van der Waals surface area contributed by atoms with Gasteiger partial charge in [-0.2, -0.15) is 0 Å². The summed E-state index contributed by atoms with van der Waals surface area (Å²) in [5.41, 5.74) is 2.56. The Hall–Kier alpha value is -1.96. The maximum Gasteiger partial charge on any atom is 0.119 e. The molecule has 0 spiro atoms. The highest BCUT2D eigenvalue weighted by Crippen LogP contribution is 2.18. The van der Waals surface area contributed by atoms with Crippen LogP contribution in [0.4, 0.5) is 0 Å². The summed E-state index contributed by atoms with van der Waals surface area (Å²) in [4.78, 5) is 0. The predicted molar refractivity (Wildman–Crippen MR) is 115 cm³/mol. The topological polar surface area (TPSA) is 18.5 Å². The third kappa shape index (κ3) is 8.99. The third-order valence-electron chi connectivity index (χ3n) is 4.84. The molecule has 0 bridgehead atoms. The second-order valence-corrected chi connectivity index (χ2v) is 7.30. The van der Waals surface area contributed by atoms with Gasteiger partial charge in [0.1, 0.15) is 18.1 Å². The lowest BCUT2D eigenvalue weighted by atomic mass is 10.1. The quantitative estimate of drug-likeness (QED) is 0.325. The van der Waals surface area contributed by atoms with E-state index < -0.39 is 0 Å². The van der Waals surface area contributed by atoms with Crippen molar-refractivity contribution in [2.75, 3.05) is 6.61 Å². The van der Waals surface area contributed by atoms with E-state index in [1.54, 1.807) is 0 Å². The highest BCUT2D eigenvalue weighted by Gasteiger charge is 2.00. The number of unbranched alkanes of at least 4 members (excludes halogenated alkanes) is 6. The zero-order chi connectivity index (χ0) is 19.2. The van der Waals surface area contributed by atoms with Crippen LogP contribution in [0.15, 0.2) is 48.5 Å². The number of hydrogen-bond acceptors (Lipinski definition) is 2. The lowest BCUT2D eigenvalue weighted by Crippen LogP contribution is -1.99. The van der Waals surface area contributed by atoms with Gasteiger partial charge in [-0.25, -0.2) is 0 Å². The molecule has 0 aliphatic heterocycles. The minimum absolute atomic E-state index is 0.590. The standard InChI is InChI=1S/C25H36O2/c1-3-5-7-8-10-20-26-24-18-14-23(15-19-24)21-27-25-16-12-22(13-17-25)11-9-6-4-2/h12-19H,3-11,20-21H2,1-2H3. The average molecular weight is 369 g/mol. The van der Waals surface area contributed by atoms with Gasteiger partial charge in [0.15, 0.2) is 0 Å². The molecule has 0 saturated carbocycles. The van der Waals surface area contributed by atoms with Crippen LogP contribution < -0.4 is 9.47 Å². The fraction of sp³-hybridized carbons (Fsp3) is 0.520. The van der Waals surface area contributed by atoms with Gasteiger partial charge in [0.2, 0.25) is 0 Å². The van der Waals surface area contributed by atoms with Crippen molar-refractivity contribution in [1.82, 2.24) is 0 Å². The van der Waals surface area contributed by atoms with Crippen LogP contribution in [0.3, 0.4) is 0 Å². The molecule has 0 aliphatic rings. The summed E-state index contributed by atoms with van der Waals surface area (Å²) in [6, 6.07) is 16.8. The fourth-order valence-corrected chi connectivity index (χ4v) is 3.08. The van der Waals surface area contributed by atoms with Crippen molar-refractivity contribution in [3.05, 3.63) is 59.7 Å². The van der Waals surface area contributed by atoms with Crippen LogP contribution in [0.5, 0.6) is 11.5 Å². The van der Waals surface area contributed by atoms with E-state index in [0.29, 0.717) is 6.61 Å². The molecule has 0 N–H and O–H groups in total. The van der Waals surface area contributed by atoms with E-state index in [9.17, 15) is 0 Å². The Balaban J connectivity index is 1.67. The van der Waals surface area contributed by atoms with Gasteiger partial charge in [0.05, 0.1) is 6.61 Å². The molecule has 0 fully saturated rings. The molecule has 0 aromatic heterocycles.